The number of hydrogen-bond donors (Lipinski definition) is 1. The Morgan fingerprint density at radius 1 is 0.407 bits per heavy atom. The van der Waals surface area contributed by atoms with Crippen molar-refractivity contribution >= 4 is 28.5 Å². The molecule has 0 atom stereocenters. The first kappa shape index (κ1) is 19.6. The van der Waals surface area contributed by atoms with Gasteiger partial charge in [-0.15, -0.1) is 0 Å². The fraction of sp³-hybridized carbons (Fsp3) is 0. The topological polar surface area (TPSA) is 20.2 Å². The number of halogens is 1. The summed E-state index contributed by atoms with van der Waals surface area (Å²) in [6, 6.07) is 39.9. The number of rotatable bonds is 4. The van der Waals surface area contributed by atoms with Crippen molar-refractivity contribution in [1.82, 2.24) is 0 Å². The van der Waals surface area contributed by atoms with Crippen LogP contribution in [0.25, 0.3) is 0 Å². The molecule has 27 heavy (non-hydrogen) atoms. The van der Waals surface area contributed by atoms with Crippen LogP contribution in [0.3, 0.4) is 0 Å². The summed E-state index contributed by atoms with van der Waals surface area (Å²) in [6.45, 7) is 0. The Labute approximate surface area is 178 Å². The smallest absolute Gasteiger partial charge is 0.144 e. The Morgan fingerprint density at radius 2 is 0.704 bits per heavy atom. The van der Waals surface area contributed by atoms with Crippen LogP contribution < -0.4 is 45.2 Å². The summed E-state index contributed by atoms with van der Waals surface area (Å²) in [4.78, 5) is 0. The lowest BCUT2D eigenvalue weighted by Gasteiger charge is -2.27. The molecule has 0 bridgehead atoms. The van der Waals surface area contributed by atoms with Gasteiger partial charge in [-0.05, 0) is 60.7 Å². The third kappa shape index (κ3) is 3.65. The number of phenols is 1. The molecule has 4 aromatic carbocycles. The fourth-order valence-corrected chi connectivity index (χ4v) is 7.77. The Hall–Kier alpha value is -2.16. The van der Waals surface area contributed by atoms with E-state index in [1.807, 2.05) is 0 Å². The lowest BCUT2D eigenvalue weighted by atomic mass is 10.3. The summed E-state index contributed by atoms with van der Waals surface area (Å²) in [7, 11) is -2.04. The average molecular weight is 482 g/mol. The second-order valence-electron chi connectivity index (χ2n) is 6.19. The van der Waals surface area contributed by atoms with E-state index >= 15 is 0 Å². The molecule has 0 aromatic heterocycles. The first-order valence-electron chi connectivity index (χ1n) is 8.67. The lowest BCUT2D eigenvalue weighted by Crippen LogP contribution is -3.00. The van der Waals surface area contributed by atoms with Crippen LogP contribution in [0, 0.1) is 0 Å². The van der Waals surface area contributed by atoms with Crippen LogP contribution in [-0.2, 0) is 0 Å². The highest BCUT2D eigenvalue weighted by Gasteiger charge is 2.47. The molecule has 1 nitrogen and oxygen atoms in total. The van der Waals surface area contributed by atoms with Crippen molar-refractivity contribution in [2.45, 2.75) is 0 Å². The van der Waals surface area contributed by atoms with Crippen LogP contribution in [-0.4, -0.2) is 5.11 Å². The van der Waals surface area contributed by atoms with Gasteiger partial charge in [-0.1, -0.05) is 54.6 Å². The Morgan fingerprint density at radius 3 is 1.04 bits per heavy atom. The molecular formula is C24H20IOP. The Kier molecular flexibility index (Phi) is 6.30. The van der Waals surface area contributed by atoms with Gasteiger partial charge in [0.15, 0.2) is 0 Å². The summed E-state index contributed by atoms with van der Waals surface area (Å²) >= 11 is 0. The van der Waals surface area contributed by atoms with E-state index in [1.165, 1.54) is 21.2 Å². The van der Waals surface area contributed by atoms with Gasteiger partial charge in [0.25, 0.3) is 0 Å². The largest absolute Gasteiger partial charge is 1.00 e. The Bertz CT molecular complexity index is 874. The number of benzene rings is 4. The zero-order chi connectivity index (χ0) is 17.8. The maximum atomic E-state index is 9.85. The predicted molar refractivity (Wildman–Crippen MR) is 113 cm³/mol. The summed E-state index contributed by atoms with van der Waals surface area (Å²) < 4.78 is 0. The van der Waals surface area contributed by atoms with Gasteiger partial charge in [-0.2, -0.15) is 0 Å². The van der Waals surface area contributed by atoms with Gasteiger partial charge >= 0.3 is 0 Å². The van der Waals surface area contributed by atoms with E-state index < -0.39 is 7.26 Å². The van der Waals surface area contributed by atoms with Gasteiger partial charge < -0.3 is 29.1 Å². The first-order valence-corrected chi connectivity index (χ1v) is 10.5. The molecule has 0 aliphatic heterocycles. The van der Waals surface area contributed by atoms with E-state index in [4.69, 9.17) is 0 Å². The molecule has 3 heteroatoms. The van der Waals surface area contributed by atoms with Crippen LogP contribution >= 0.6 is 7.26 Å². The van der Waals surface area contributed by atoms with Gasteiger partial charge in [0, 0.05) is 0 Å². The molecule has 0 saturated heterocycles. The van der Waals surface area contributed by atoms with Crippen molar-refractivity contribution < 1.29 is 29.1 Å². The SMILES string of the molecule is Oc1ccc([P+](c2ccccc2)(c2ccccc2)c2ccccc2)cc1.[I-]. The fourth-order valence-electron chi connectivity index (χ4n) is 3.53. The van der Waals surface area contributed by atoms with Crippen molar-refractivity contribution in [1.29, 1.82) is 0 Å². The molecule has 0 saturated carbocycles. The summed E-state index contributed by atoms with van der Waals surface area (Å²) in [5, 5.41) is 15.0. The average Bonchev–Trinajstić information content (AvgIpc) is 2.72. The van der Waals surface area contributed by atoms with E-state index in [0.717, 1.165) is 0 Å². The van der Waals surface area contributed by atoms with Crippen LogP contribution in [0.4, 0.5) is 0 Å². The van der Waals surface area contributed by atoms with Crippen molar-refractivity contribution in [2.24, 2.45) is 0 Å². The second-order valence-corrected chi connectivity index (χ2v) is 9.60. The summed E-state index contributed by atoms with van der Waals surface area (Å²) in [5.41, 5.74) is 0. The zero-order valence-electron chi connectivity index (χ0n) is 14.7. The Balaban J connectivity index is 0.00000210. The molecule has 0 spiro atoms. The maximum Gasteiger partial charge on any atom is 0.144 e. The van der Waals surface area contributed by atoms with Gasteiger partial charge in [0.05, 0.1) is 0 Å². The lowest BCUT2D eigenvalue weighted by molar-refractivity contribution is -0.00000598. The van der Waals surface area contributed by atoms with Crippen molar-refractivity contribution in [2.75, 3.05) is 0 Å². The zero-order valence-corrected chi connectivity index (χ0v) is 17.8. The van der Waals surface area contributed by atoms with Crippen LogP contribution in [0.5, 0.6) is 5.75 Å². The molecular weight excluding hydrogens is 462 g/mol. The normalized spacial score (nSPS) is 10.8. The highest BCUT2D eigenvalue weighted by Crippen LogP contribution is 2.54. The maximum absolute atomic E-state index is 9.85. The quantitative estimate of drug-likeness (QED) is 0.341. The summed E-state index contributed by atoms with van der Waals surface area (Å²) in [6.07, 6.45) is 0. The minimum Gasteiger partial charge on any atom is -1.00 e. The molecule has 0 fully saturated rings. The van der Waals surface area contributed by atoms with Crippen LogP contribution in [0.1, 0.15) is 0 Å². The highest BCUT2D eigenvalue weighted by atomic mass is 127. The molecule has 4 aromatic rings. The molecule has 0 radical (unpaired) electrons. The van der Waals surface area contributed by atoms with E-state index in [0.29, 0.717) is 5.75 Å². The first-order chi connectivity index (χ1) is 12.8. The summed E-state index contributed by atoms with van der Waals surface area (Å²) in [5.74, 6) is 0.293. The predicted octanol–water partition coefficient (Wildman–Crippen LogP) is 1.02. The van der Waals surface area contributed by atoms with Gasteiger partial charge in [0.2, 0.25) is 0 Å². The van der Waals surface area contributed by atoms with E-state index in [-0.39, 0.29) is 24.0 Å². The minimum absolute atomic E-state index is 0. The number of aromatic hydroxyl groups is 1. The highest BCUT2D eigenvalue weighted by molar-refractivity contribution is 8.01. The molecule has 0 aliphatic rings. The second kappa shape index (κ2) is 8.69. The third-order valence-corrected chi connectivity index (χ3v) is 8.96. The number of hydrogen-bond acceptors (Lipinski definition) is 1. The van der Waals surface area contributed by atoms with E-state index in [9.17, 15) is 5.11 Å². The van der Waals surface area contributed by atoms with E-state index in [2.05, 4.69) is 103 Å². The molecule has 0 heterocycles. The third-order valence-electron chi connectivity index (χ3n) is 4.67. The van der Waals surface area contributed by atoms with Crippen molar-refractivity contribution in [3.63, 3.8) is 0 Å². The molecule has 0 aliphatic carbocycles. The van der Waals surface area contributed by atoms with E-state index in [1.54, 1.807) is 12.1 Å². The van der Waals surface area contributed by atoms with Gasteiger partial charge in [-0.3, -0.25) is 0 Å². The molecule has 4 rings (SSSR count). The molecule has 134 valence electrons. The molecule has 1 N–H and O–H groups in total. The van der Waals surface area contributed by atoms with Crippen LogP contribution in [0.2, 0.25) is 0 Å². The molecule has 0 amide bonds. The number of phenolic OH excluding ortho intramolecular Hbond substituents is 1. The van der Waals surface area contributed by atoms with Gasteiger partial charge in [-0.25, -0.2) is 0 Å². The standard InChI is InChI=1S/C24H19OP.HI/c25-20-16-18-24(19-17-20)26(21-10-4-1-5-11-21,22-12-6-2-7-13-22)23-14-8-3-9-15-23;/h1-19H;1H. The van der Waals surface area contributed by atoms with Gasteiger partial charge in [0.1, 0.15) is 34.2 Å². The van der Waals surface area contributed by atoms with Crippen molar-refractivity contribution in [3.8, 4) is 5.75 Å². The minimum atomic E-state index is -2.04. The van der Waals surface area contributed by atoms with Crippen molar-refractivity contribution in [3.05, 3.63) is 115 Å². The van der Waals surface area contributed by atoms with Crippen LogP contribution in [0.15, 0.2) is 115 Å². The monoisotopic (exact) mass is 482 g/mol. The molecule has 0 unspecified atom stereocenters.